The number of carbonyl (C=O) groups is 1. The molecule has 7 heteroatoms. The fraction of sp³-hybridized carbons (Fsp3) is 0.318. The predicted molar refractivity (Wildman–Crippen MR) is 103 cm³/mol. The molecule has 0 aliphatic carbocycles. The zero-order chi connectivity index (χ0) is 20.8. The molecule has 29 heavy (non-hydrogen) atoms. The Bertz CT molecular complexity index is 868. The summed E-state index contributed by atoms with van der Waals surface area (Å²) in [5.41, 5.74) is 1.53. The molecular formula is C22H22F3NO3. The summed E-state index contributed by atoms with van der Waals surface area (Å²) in [5.74, 6) is -0.342. The third-order valence-corrected chi connectivity index (χ3v) is 4.69. The van der Waals surface area contributed by atoms with Gasteiger partial charge in [-0.25, -0.2) is 4.39 Å². The van der Waals surface area contributed by atoms with Crippen molar-refractivity contribution in [3.05, 3.63) is 65.5 Å². The number of amides is 1. The second kappa shape index (κ2) is 9.49. The van der Waals surface area contributed by atoms with Crippen molar-refractivity contribution in [2.75, 3.05) is 13.2 Å². The average Bonchev–Trinajstić information content (AvgIpc) is 3.18. The molecule has 1 amide bonds. The summed E-state index contributed by atoms with van der Waals surface area (Å²) in [4.78, 5) is 14.5. The van der Waals surface area contributed by atoms with Crippen LogP contribution in [0.5, 0.6) is 11.5 Å². The third kappa shape index (κ3) is 5.31. The van der Waals surface area contributed by atoms with Gasteiger partial charge in [0.1, 0.15) is 5.82 Å². The lowest BCUT2D eigenvalue weighted by molar-refractivity contribution is -0.126. The van der Waals surface area contributed by atoms with E-state index in [4.69, 9.17) is 4.74 Å². The zero-order valence-electron chi connectivity index (χ0n) is 16.0. The molecule has 1 heterocycles. The maximum Gasteiger partial charge on any atom is 0.387 e. The number of nitrogens with zero attached hydrogens (tertiary/aromatic N) is 1. The summed E-state index contributed by atoms with van der Waals surface area (Å²) < 4.78 is 48.0. The lowest BCUT2D eigenvalue weighted by Crippen LogP contribution is -2.28. The van der Waals surface area contributed by atoms with E-state index >= 15 is 0 Å². The molecule has 1 aliphatic rings. The molecule has 1 unspecified atom stereocenters. The van der Waals surface area contributed by atoms with Gasteiger partial charge in [-0.05, 0) is 61.2 Å². The fourth-order valence-electron chi connectivity index (χ4n) is 3.42. The highest BCUT2D eigenvalue weighted by molar-refractivity contribution is 5.92. The fourth-order valence-corrected chi connectivity index (χ4v) is 3.42. The van der Waals surface area contributed by atoms with E-state index < -0.39 is 6.61 Å². The number of alkyl halides is 2. The molecule has 4 nitrogen and oxygen atoms in total. The van der Waals surface area contributed by atoms with Crippen LogP contribution in [0, 0.1) is 5.82 Å². The topological polar surface area (TPSA) is 38.8 Å². The minimum Gasteiger partial charge on any atom is -0.490 e. The number of likely N-dealkylation sites (tertiary alicyclic amines) is 1. The van der Waals surface area contributed by atoms with Crippen LogP contribution < -0.4 is 9.47 Å². The van der Waals surface area contributed by atoms with E-state index in [-0.39, 0.29) is 29.3 Å². The number of halogens is 3. The number of ether oxygens (including phenoxy) is 2. The van der Waals surface area contributed by atoms with Gasteiger partial charge in [0.05, 0.1) is 12.6 Å². The number of rotatable bonds is 7. The van der Waals surface area contributed by atoms with Gasteiger partial charge in [0.25, 0.3) is 0 Å². The molecule has 154 valence electrons. The first-order valence-electron chi connectivity index (χ1n) is 9.43. The molecule has 2 aromatic carbocycles. The molecule has 2 aromatic rings. The van der Waals surface area contributed by atoms with E-state index in [1.54, 1.807) is 42.2 Å². The highest BCUT2D eigenvalue weighted by Gasteiger charge is 2.28. The Balaban J connectivity index is 1.73. The summed E-state index contributed by atoms with van der Waals surface area (Å²) in [6.45, 7) is -0.299. The zero-order valence-corrected chi connectivity index (χ0v) is 16.0. The summed E-state index contributed by atoms with van der Waals surface area (Å²) in [5, 5.41) is 0. The molecule has 1 fully saturated rings. The molecular weight excluding hydrogens is 383 g/mol. The molecule has 0 spiro atoms. The Morgan fingerprint density at radius 3 is 2.66 bits per heavy atom. The van der Waals surface area contributed by atoms with Crippen LogP contribution in [0.2, 0.25) is 0 Å². The number of benzene rings is 2. The average molecular weight is 405 g/mol. The van der Waals surface area contributed by atoms with Crippen molar-refractivity contribution in [1.29, 1.82) is 0 Å². The molecule has 0 N–H and O–H groups in total. The van der Waals surface area contributed by atoms with Gasteiger partial charge in [-0.15, -0.1) is 0 Å². The Hall–Kier alpha value is -2.96. The molecule has 0 aromatic heterocycles. The van der Waals surface area contributed by atoms with Crippen LogP contribution in [-0.2, 0) is 4.79 Å². The first-order chi connectivity index (χ1) is 14.0. The van der Waals surface area contributed by atoms with Gasteiger partial charge >= 0.3 is 6.61 Å². The maximum atomic E-state index is 13.2. The van der Waals surface area contributed by atoms with Crippen molar-refractivity contribution >= 4 is 12.0 Å². The van der Waals surface area contributed by atoms with E-state index in [1.165, 1.54) is 24.3 Å². The van der Waals surface area contributed by atoms with Crippen LogP contribution >= 0.6 is 0 Å². The predicted octanol–water partition coefficient (Wildman–Crippen LogP) is 5.20. The lowest BCUT2D eigenvalue weighted by Gasteiger charge is -2.23. The molecule has 0 radical (unpaired) electrons. The van der Waals surface area contributed by atoms with Crippen molar-refractivity contribution in [2.45, 2.75) is 32.4 Å². The Morgan fingerprint density at radius 1 is 1.21 bits per heavy atom. The SMILES string of the molecule is CCOc1cc(/C=C/C(=O)N2CCCC2c2ccc(F)cc2)ccc1OC(F)F. The Morgan fingerprint density at radius 2 is 1.97 bits per heavy atom. The van der Waals surface area contributed by atoms with Gasteiger partial charge in [0.2, 0.25) is 5.91 Å². The van der Waals surface area contributed by atoms with Gasteiger partial charge in [-0.2, -0.15) is 8.78 Å². The minimum atomic E-state index is -2.95. The van der Waals surface area contributed by atoms with Crippen molar-refractivity contribution in [3.8, 4) is 11.5 Å². The number of hydrogen-bond donors (Lipinski definition) is 0. The molecule has 0 saturated carbocycles. The Labute approximate surface area is 167 Å². The van der Waals surface area contributed by atoms with Gasteiger partial charge in [-0.3, -0.25) is 4.79 Å². The van der Waals surface area contributed by atoms with Crippen LogP contribution in [-0.4, -0.2) is 30.6 Å². The van der Waals surface area contributed by atoms with Crippen LogP contribution in [0.25, 0.3) is 6.08 Å². The molecule has 1 aliphatic heterocycles. The molecule has 1 atom stereocenters. The molecule has 3 rings (SSSR count). The van der Waals surface area contributed by atoms with Crippen LogP contribution in [0.15, 0.2) is 48.5 Å². The van der Waals surface area contributed by atoms with Crippen molar-refractivity contribution in [2.24, 2.45) is 0 Å². The van der Waals surface area contributed by atoms with Crippen LogP contribution in [0.1, 0.15) is 36.9 Å². The number of hydrogen-bond acceptors (Lipinski definition) is 3. The first-order valence-corrected chi connectivity index (χ1v) is 9.43. The standard InChI is InChI=1S/C22H22F3NO3/c1-2-28-20-14-15(5-11-19(20)29-22(24)25)6-12-21(27)26-13-3-4-18(26)16-7-9-17(23)10-8-16/h5-12,14,18,22H,2-4,13H2,1H3/b12-6+. The Kier molecular flexibility index (Phi) is 6.80. The van der Waals surface area contributed by atoms with E-state index in [1.807, 2.05) is 0 Å². The largest absolute Gasteiger partial charge is 0.490 e. The van der Waals surface area contributed by atoms with Gasteiger partial charge in [-0.1, -0.05) is 18.2 Å². The number of carbonyl (C=O) groups excluding carboxylic acids is 1. The monoisotopic (exact) mass is 405 g/mol. The van der Waals surface area contributed by atoms with Crippen molar-refractivity contribution < 1.29 is 27.4 Å². The van der Waals surface area contributed by atoms with E-state index in [0.29, 0.717) is 18.7 Å². The second-order valence-corrected chi connectivity index (χ2v) is 6.59. The smallest absolute Gasteiger partial charge is 0.387 e. The third-order valence-electron chi connectivity index (χ3n) is 4.69. The normalized spacial score (nSPS) is 16.6. The van der Waals surface area contributed by atoms with Gasteiger partial charge < -0.3 is 14.4 Å². The summed E-state index contributed by atoms with van der Waals surface area (Å²) >= 11 is 0. The maximum absolute atomic E-state index is 13.2. The van der Waals surface area contributed by atoms with Gasteiger partial charge in [0.15, 0.2) is 11.5 Å². The first kappa shape index (κ1) is 20.8. The van der Waals surface area contributed by atoms with Gasteiger partial charge in [0, 0.05) is 12.6 Å². The second-order valence-electron chi connectivity index (χ2n) is 6.59. The highest BCUT2D eigenvalue weighted by atomic mass is 19.3. The summed E-state index contributed by atoms with van der Waals surface area (Å²) in [7, 11) is 0. The van der Waals surface area contributed by atoms with Crippen LogP contribution in [0.4, 0.5) is 13.2 Å². The molecule has 1 saturated heterocycles. The summed E-state index contributed by atoms with van der Waals surface area (Å²) in [6, 6.07) is 10.6. The molecule has 0 bridgehead atoms. The van der Waals surface area contributed by atoms with E-state index in [9.17, 15) is 18.0 Å². The van der Waals surface area contributed by atoms with E-state index in [0.717, 1.165) is 18.4 Å². The van der Waals surface area contributed by atoms with Crippen molar-refractivity contribution in [1.82, 2.24) is 4.90 Å². The summed E-state index contributed by atoms with van der Waals surface area (Å²) in [6.07, 6.45) is 4.74. The quantitative estimate of drug-likeness (QED) is 0.594. The minimum absolute atomic E-state index is 0.0544. The van der Waals surface area contributed by atoms with Crippen molar-refractivity contribution in [3.63, 3.8) is 0 Å². The lowest BCUT2D eigenvalue weighted by atomic mass is 10.0. The highest BCUT2D eigenvalue weighted by Crippen LogP contribution is 2.33. The van der Waals surface area contributed by atoms with E-state index in [2.05, 4.69) is 4.74 Å². The van der Waals surface area contributed by atoms with Crippen LogP contribution in [0.3, 0.4) is 0 Å².